The van der Waals surface area contributed by atoms with Gasteiger partial charge in [-0.1, -0.05) is 22.0 Å². The Bertz CT molecular complexity index is 908. The van der Waals surface area contributed by atoms with Crippen LogP contribution in [0.5, 0.6) is 17.2 Å². The second kappa shape index (κ2) is 10.9. The van der Waals surface area contributed by atoms with Gasteiger partial charge >= 0.3 is 0 Å². The van der Waals surface area contributed by atoms with Crippen molar-refractivity contribution in [3.63, 3.8) is 0 Å². The molecule has 7 nitrogen and oxygen atoms in total. The number of halogens is 2. The molecular weight excluding hydrogens is 508 g/mol. The van der Waals surface area contributed by atoms with Crippen LogP contribution < -0.4 is 25.1 Å². The first-order valence-corrected chi connectivity index (χ1v) is 10.00. The molecule has 0 saturated carbocycles. The smallest absolute Gasteiger partial charge is 0.276 e. The minimum absolute atomic E-state index is 0.249. The maximum Gasteiger partial charge on any atom is 0.276 e. The maximum atomic E-state index is 11.9. The third-order valence-corrected chi connectivity index (χ3v) is 4.75. The van der Waals surface area contributed by atoms with Gasteiger partial charge in [0.2, 0.25) is 0 Å². The lowest BCUT2D eigenvalue weighted by Gasteiger charge is -2.12. The number of hydrogen-bond donors (Lipinski definition) is 2. The van der Waals surface area contributed by atoms with E-state index in [9.17, 15) is 9.59 Å². The number of carbonyl (C=O) groups is 2. The van der Waals surface area contributed by atoms with Crippen molar-refractivity contribution in [2.24, 2.45) is 0 Å². The molecule has 0 fully saturated rings. The number of aryl methyl sites for hydroxylation is 1. The Morgan fingerprint density at radius 3 is 2.41 bits per heavy atom. The van der Waals surface area contributed by atoms with Crippen LogP contribution in [-0.2, 0) is 9.59 Å². The molecule has 154 valence electrons. The van der Waals surface area contributed by atoms with Crippen molar-refractivity contribution >= 4 is 49.8 Å². The fourth-order valence-electron chi connectivity index (χ4n) is 2.35. The molecule has 9 heteroatoms. The van der Waals surface area contributed by atoms with Crippen molar-refractivity contribution in [3.05, 3.63) is 56.5 Å². The van der Waals surface area contributed by atoms with Crippen LogP contribution in [0, 0.1) is 6.92 Å². The number of carbonyl (C=O) groups excluding carboxylic acids is 2. The van der Waals surface area contributed by atoms with Gasteiger partial charge in [-0.05, 0) is 64.3 Å². The van der Waals surface area contributed by atoms with Crippen LogP contribution in [0.4, 0.5) is 0 Å². The fourth-order valence-corrected chi connectivity index (χ4v) is 3.90. The summed E-state index contributed by atoms with van der Waals surface area (Å²) in [7, 11) is 3.08. The highest BCUT2D eigenvalue weighted by molar-refractivity contribution is 9.11. The molecule has 0 aliphatic rings. The molecule has 0 aliphatic heterocycles. The van der Waals surface area contributed by atoms with Gasteiger partial charge in [-0.3, -0.25) is 20.4 Å². The third kappa shape index (κ3) is 6.79. The van der Waals surface area contributed by atoms with Gasteiger partial charge in [0.05, 0.1) is 18.7 Å². The van der Waals surface area contributed by atoms with Gasteiger partial charge in [-0.25, -0.2) is 0 Å². The molecule has 0 saturated heterocycles. The number of amides is 2. The average Bonchev–Trinajstić information content (AvgIpc) is 2.69. The van der Waals surface area contributed by atoms with Crippen molar-refractivity contribution in [1.82, 2.24) is 10.9 Å². The van der Waals surface area contributed by atoms with Crippen LogP contribution in [0.25, 0.3) is 6.08 Å². The van der Waals surface area contributed by atoms with E-state index < -0.39 is 11.8 Å². The SMILES string of the molecule is COc1ccc(/C=C/C(=O)NNC(=O)COc2c(C)cc(Br)cc2Br)cc1OC. The van der Waals surface area contributed by atoms with Gasteiger partial charge in [0.15, 0.2) is 18.1 Å². The van der Waals surface area contributed by atoms with E-state index in [4.69, 9.17) is 14.2 Å². The zero-order chi connectivity index (χ0) is 21.4. The maximum absolute atomic E-state index is 11.9. The van der Waals surface area contributed by atoms with Gasteiger partial charge in [0.25, 0.3) is 11.8 Å². The molecule has 2 aromatic carbocycles. The van der Waals surface area contributed by atoms with Crippen LogP contribution in [0.3, 0.4) is 0 Å². The first-order chi connectivity index (χ1) is 13.8. The number of ether oxygens (including phenoxy) is 3. The lowest BCUT2D eigenvalue weighted by atomic mass is 10.2. The number of hydrazine groups is 1. The zero-order valence-electron chi connectivity index (χ0n) is 16.0. The predicted molar refractivity (Wildman–Crippen MR) is 117 cm³/mol. The summed E-state index contributed by atoms with van der Waals surface area (Å²) in [6, 6.07) is 8.93. The minimum Gasteiger partial charge on any atom is -0.493 e. The van der Waals surface area contributed by atoms with Crippen molar-refractivity contribution in [3.8, 4) is 17.2 Å². The highest BCUT2D eigenvalue weighted by Crippen LogP contribution is 2.32. The molecule has 2 rings (SSSR count). The number of benzene rings is 2. The summed E-state index contributed by atoms with van der Waals surface area (Å²) in [5, 5.41) is 0. The van der Waals surface area contributed by atoms with Crippen LogP contribution in [0.1, 0.15) is 11.1 Å². The average molecular weight is 528 g/mol. The summed E-state index contributed by atoms with van der Waals surface area (Å²) in [5.41, 5.74) is 6.19. The molecule has 0 heterocycles. The van der Waals surface area contributed by atoms with E-state index in [0.717, 1.165) is 20.1 Å². The van der Waals surface area contributed by atoms with Gasteiger partial charge in [-0.2, -0.15) is 0 Å². The third-order valence-electron chi connectivity index (χ3n) is 3.70. The monoisotopic (exact) mass is 526 g/mol. The molecule has 2 aromatic rings. The topological polar surface area (TPSA) is 85.9 Å². The Morgan fingerprint density at radius 2 is 1.76 bits per heavy atom. The van der Waals surface area contributed by atoms with E-state index in [2.05, 4.69) is 42.7 Å². The second-order valence-electron chi connectivity index (χ2n) is 5.81. The molecule has 2 N–H and O–H groups in total. The van der Waals surface area contributed by atoms with E-state index >= 15 is 0 Å². The fraction of sp³-hybridized carbons (Fsp3) is 0.200. The summed E-state index contributed by atoms with van der Waals surface area (Å²) in [6.07, 6.45) is 2.88. The van der Waals surface area contributed by atoms with E-state index in [1.54, 1.807) is 31.4 Å². The lowest BCUT2D eigenvalue weighted by Crippen LogP contribution is -2.43. The van der Waals surface area contributed by atoms with Crippen LogP contribution in [-0.4, -0.2) is 32.6 Å². The number of methoxy groups -OCH3 is 2. The molecule has 0 atom stereocenters. The minimum atomic E-state index is -0.493. The molecule has 0 bridgehead atoms. The Morgan fingerprint density at radius 1 is 1.03 bits per heavy atom. The highest BCUT2D eigenvalue weighted by Gasteiger charge is 2.10. The molecule has 0 spiro atoms. The van der Waals surface area contributed by atoms with Crippen LogP contribution in [0.2, 0.25) is 0 Å². The summed E-state index contributed by atoms with van der Waals surface area (Å²) in [5.74, 6) is 0.716. The zero-order valence-corrected chi connectivity index (χ0v) is 19.2. The highest BCUT2D eigenvalue weighted by atomic mass is 79.9. The lowest BCUT2D eigenvalue weighted by molar-refractivity contribution is -0.128. The molecule has 0 aromatic heterocycles. The van der Waals surface area contributed by atoms with Crippen molar-refractivity contribution in [2.75, 3.05) is 20.8 Å². The molecule has 0 radical (unpaired) electrons. The summed E-state index contributed by atoms with van der Waals surface area (Å²) < 4.78 is 17.5. The van der Waals surface area contributed by atoms with E-state index in [1.807, 2.05) is 19.1 Å². The Kier molecular flexibility index (Phi) is 8.53. The van der Waals surface area contributed by atoms with Crippen molar-refractivity contribution < 1.29 is 23.8 Å². The standard InChI is InChI=1S/C20H20Br2N2O5/c1-12-8-14(21)10-15(22)20(12)29-11-19(26)24-23-18(25)7-5-13-4-6-16(27-2)17(9-13)28-3/h4-10H,11H2,1-3H3,(H,23,25)(H,24,26)/b7-5+. The quantitative estimate of drug-likeness (QED) is 0.423. The van der Waals surface area contributed by atoms with Gasteiger partial charge in [0, 0.05) is 10.5 Å². The van der Waals surface area contributed by atoms with Crippen molar-refractivity contribution in [2.45, 2.75) is 6.92 Å². The molecular formula is C20H20Br2N2O5. The molecule has 0 aliphatic carbocycles. The van der Waals surface area contributed by atoms with Crippen LogP contribution >= 0.6 is 31.9 Å². The van der Waals surface area contributed by atoms with E-state index in [-0.39, 0.29) is 6.61 Å². The second-order valence-corrected chi connectivity index (χ2v) is 7.58. The predicted octanol–water partition coefficient (Wildman–Crippen LogP) is 3.78. The Balaban J connectivity index is 1.84. The summed E-state index contributed by atoms with van der Waals surface area (Å²) in [6.45, 7) is 1.62. The first-order valence-electron chi connectivity index (χ1n) is 8.41. The molecule has 0 unspecified atom stereocenters. The number of hydrogen-bond acceptors (Lipinski definition) is 5. The van der Waals surface area contributed by atoms with E-state index in [0.29, 0.717) is 17.2 Å². The van der Waals surface area contributed by atoms with Gasteiger partial charge < -0.3 is 14.2 Å². The van der Waals surface area contributed by atoms with Crippen LogP contribution in [0.15, 0.2) is 45.4 Å². The Labute approximate surface area is 185 Å². The summed E-state index contributed by atoms with van der Waals surface area (Å²) in [4.78, 5) is 23.8. The largest absolute Gasteiger partial charge is 0.493 e. The van der Waals surface area contributed by atoms with Gasteiger partial charge in [0.1, 0.15) is 5.75 Å². The van der Waals surface area contributed by atoms with E-state index in [1.165, 1.54) is 13.2 Å². The summed E-state index contributed by atoms with van der Waals surface area (Å²) >= 11 is 6.77. The normalized spacial score (nSPS) is 10.5. The molecule has 29 heavy (non-hydrogen) atoms. The van der Waals surface area contributed by atoms with Crippen molar-refractivity contribution in [1.29, 1.82) is 0 Å². The number of nitrogens with one attached hydrogen (secondary N) is 2. The number of rotatable bonds is 7. The molecule has 2 amide bonds. The first kappa shape index (κ1) is 22.8. The van der Waals surface area contributed by atoms with Gasteiger partial charge in [-0.15, -0.1) is 0 Å². The Hall–Kier alpha value is -2.52.